The fourth-order valence-corrected chi connectivity index (χ4v) is 5.47. The van der Waals surface area contributed by atoms with Crippen molar-refractivity contribution in [2.24, 2.45) is 11.1 Å². The zero-order valence-corrected chi connectivity index (χ0v) is 18.2. The topological polar surface area (TPSA) is 119 Å². The monoisotopic (exact) mass is 432 g/mol. The number of benzene rings is 1. The lowest BCUT2D eigenvalue weighted by atomic mass is 9.81. The van der Waals surface area contributed by atoms with Gasteiger partial charge in [-0.25, -0.2) is 4.98 Å². The van der Waals surface area contributed by atoms with Crippen molar-refractivity contribution in [3.8, 4) is 12.1 Å². The number of nitrogens with two attached hydrogens (primary N) is 1. The molecule has 1 atom stereocenters. The third kappa shape index (κ3) is 3.85. The van der Waals surface area contributed by atoms with E-state index >= 15 is 0 Å². The summed E-state index contributed by atoms with van der Waals surface area (Å²) in [5, 5.41) is 23.0. The number of carbonyl (C=O) groups excluding carboxylic acids is 1. The van der Waals surface area contributed by atoms with Crippen molar-refractivity contribution in [1.82, 2.24) is 10.3 Å². The van der Waals surface area contributed by atoms with Gasteiger partial charge in [0.15, 0.2) is 0 Å². The van der Waals surface area contributed by atoms with Crippen LogP contribution < -0.4 is 16.0 Å². The van der Waals surface area contributed by atoms with Gasteiger partial charge in [-0.1, -0.05) is 49.0 Å². The molecule has 1 unspecified atom stereocenters. The Balaban J connectivity index is 1.79. The summed E-state index contributed by atoms with van der Waals surface area (Å²) in [6.07, 6.45) is 1.58. The summed E-state index contributed by atoms with van der Waals surface area (Å²) in [4.78, 5) is 19.2. The van der Waals surface area contributed by atoms with Crippen LogP contribution in [0.2, 0.25) is 0 Å². The van der Waals surface area contributed by atoms with E-state index in [1.165, 1.54) is 11.8 Å². The van der Waals surface area contributed by atoms with Crippen molar-refractivity contribution in [1.29, 1.82) is 10.5 Å². The maximum atomic E-state index is 12.3. The zero-order chi connectivity index (χ0) is 22.0. The summed E-state index contributed by atoms with van der Waals surface area (Å²) in [7, 11) is 0. The summed E-state index contributed by atoms with van der Waals surface area (Å²) >= 11 is 1.19. The number of pyridine rings is 1. The number of nitrogens with zero attached hydrogens (tertiary/aromatic N) is 4. The van der Waals surface area contributed by atoms with E-state index < -0.39 is 11.2 Å². The normalized spacial score (nSPS) is 17.6. The number of aromatic nitrogens is 1. The van der Waals surface area contributed by atoms with Gasteiger partial charge in [0.1, 0.15) is 28.2 Å². The molecule has 0 bridgehead atoms. The highest BCUT2D eigenvalue weighted by Crippen LogP contribution is 2.42. The Bertz CT molecular complexity index is 1080. The minimum Gasteiger partial charge on any atom is -0.368 e. The van der Waals surface area contributed by atoms with Crippen molar-refractivity contribution in [2.75, 3.05) is 31.1 Å². The smallest absolute Gasteiger partial charge is 0.235 e. The van der Waals surface area contributed by atoms with Crippen molar-refractivity contribution >= 4 is 23.5 Å². The van der Waals surface area contributed by atoms with Crippen molar-refractivity contribution in [3.05, 3.63) is 52.6 Å². The summed E-state index contributed by atoms with van der Waals surface area (Å²) in [5.41, 5.74) is 8.21. The molecule has 8 heteroatoms. The fraction of sp³-hybridized carbons (Fsp3) is 0.391. The van der Waals surface area contributed by atoms with Crippen LogP contribution in [0.1, 0.15) is 40.8 Å². The summed E-state index contributed by atoms with van der Waals surface area (Å²) in [6, 6.07) is 13.8. The van der Waals surface area contributed by atoms with Crippen LogP contribution in [-0.4, -0.2) is 37.1 Å². The second-order valence-corrected chi connectivity index (χ2v) is 9.23. The Morgan fingerprint density at radius 3 is 2.52 bits per heavy atom. The van der Waals surface area contributed by atoms with E-state index in [-0.39, 0.29) is 5.41 Å². The van der Waals surface area contributed by atoms with Gasteiger partial charge in [-0.15, -0.1) is 0 Å². The van der Waals surface area contributed by atoms with E-state index in [1.807, 2.05) is 37.3 Å². The Labute approximate surface area is 186 Å². The molecule has 2 fully saturated rings. The van der Waals surface area contributed by atoms with Crippen molar-refractivity contribution in [3.63, 3.8) is 0 Å². The highest BCUT2D eigenvalue weighted by molar-refractivity contribution is 8.00. The lowest BCUT2D eigenvalue weighted by molar-refractivity contribution is -0.117. The van der Waals surface area contributed by atoms with E-state index in [1.54, 1.807) is 0 Å². The first kappa shape index (κ1) is 21.2. The molecule has 31 heavy (non-hydrogen) atoms. The van der Waals surface area contributed by atoms with Gasteiger partial charge in [0, 0.05) is 31.6 Å². The predicted molar refractivity (Wildman–Crippen MR) is 119 cm³/mol. The van der Waals surface area contributed by atoms with Crippen LogP contribution in [0.25, 0.3) is 0 Å². The molecule has 2 aliphatic heterocycles. The number of amides is 1. The van der Waals surface area contributed by atoms with E-state index in [4.69, 9.17) is 10.7 Å². The number of anilines is 1. The molecular weight excluding hydrogens is 408 g/mol. The van der Waals surface area contributed by atoms with Crippen LogP contribution in [0.15, 0.2) is 35.4 Å². The van der Waals surface area contributed by atoms with Crippen LogP contribution in [0.3, 0.4) is 0 Å². The fourth-order valence-electron chi connectivity index (χ4n) is 4.41. The Hall–Kier alpha value is -3.07. The summed E-state index contributed by atoms with van der Waals surface area (Å²) in [5.74, 6) is 0.118. The molecule has 1 aromatic carbocycles. The highest BCUT2D eigenvalue weighted by Gasteiger charge is 2.44. The first-order valence-electron chi connectivity index (χ1n) is 10.4. The van der Waals surface area contributed by atoms with Crippen molar-refractivity contribution in [2.45, 2.75) is 30.0 Å². The number of hydrogen-bond donors (Lipinski definition) is 2. The summed E-state index contributed by atoms with van der Waals surface area (Å²) < 4.78 is 0. The van der Waals surface area contributed by atoms with Gasteiger partial charge in [0.2, 0.25) is 5.91 Å². The number of hydrogen-bond acceptors (Lipinski definition) is 7. The third-order valence-corrected chi connectivity index (χ3v) is 7.41. The number of nitriles is 2. The average molecular weight is 433 g/mol. The number of primary amides is 1. The SMILES string of the molecule is CCc1c(C#N)c(SC(C(N)=O)c2ccccc2)nc(N2CCC3(CNC3)C2)c1C#N. The largest absolute Gasteiger partial charge is 0.368 e. The Kier molecular flexibility index (Phi) is 5.86. The maximum Gasteiger partial charge on any atom is 0.235 e. The van der Waals surface area contributed by atoms with Crippen molar-refractivity contribution < 1.29 is 4.79 Å². The molecule has 3 N–H and O–H groups in total. The molecule has 1 amide bonds. The van der Waals surface area contributed by atoms with Gasteiger partial charge in [0.25, 0.3) is 0 Å². The van der Waals surface area contributed by atoms with Crippen LogP contribution in [0.4, 0.5) is 5.82 Å². The predicted octanol–water partition coefficient (Wildman–Crippen LogP) is 2.51. The molecule has 0 aliphatic carbocycles. The van der Waals surface area contributed by atoms with E-state index in [0.29, 0.717) is 34.0 Å². The van der Waals surface area contributed by atoms with Gasteiger partial charge in [0.05, 0.1) is 11.1 Å². The molecule has 2 aromatic rings. The van der Waals surface area contributed by atoms with E-state index in [0.717, 1.165) is 38.2 Å². The Morgan fingerprint density at radius 1 is 1.29 bits per heavy atom. The maximum absolute atomic E-state index is 12.3. The van der Waals surface area contributed by atoms with Gasteiger partial charge in [-0.2, -0.15) is 10.5 Å². The molecule has 0 radical (unpaired) electrons. The summed E-state index contributed by atoms with van der Waals surface area (Å²) in [6.45, 7) is 5.53. The molecule has 2 saturated heterocycles. The van der Waals surface area contributed by atoms with E-state index in [9.17, 15) is 15.3 Å². The molecule has 7 nitrogen and oxygen atoms in total. The molecule has 1 spiro atoms. The molecule has 1 aromatic heterocycles. The minimum atomic E-state index is -0.674. The standard InChI is InChI=1S/C23H24N6OS/c1-2-16-17(10-24)21(29-9-8-23(14-29)12-27-13-23)28-22(18(16)11-25)31-19(20(26)30)15-6-4-3-5-7-15/h3-7,19,27H,2,8-9,12-14H2,1H3,(H2,26,30). The van der Waals surface area contributed by atoms with Crippen LogP contribution in [0, 0.1) is 28.1 Å². The number of thioether (sulfide) groups is 1. The van der Waals surface area contributed by atoms with Gasteiger partial charge in [-0.3, -0.25) is 4.79 Å². The highest BCUT2D eigenvalue weighted by atomic mass is 32.2. The second kappa shape index (κ2) is 8.58. The zero-order valence-electron chi connectivity index (χ0n) is 17.4. The number of nitrogens with one attached hydrogen (secondary N) is 1. The van der Waals surface area contributed by atoms with Crippen LogP contribution in [-0.2, 0) is 11.2 Å². The quantitative estimate of drug-likeness (QED) is 0.673. The number of rotatable bonds is 6. The van der Waals surface area contributed by atoms with Crippen LogP contribution >= 0.6 is 11.8 Å². The van der Waals surface area contributed by atoms with Crippen LogP contribution in [0.5, 0.6) is 0 Å². The second-order valence-electron chi connectivity index (χ2n) is 8.13. The molecule has 2 aliphatic rings. The third-order valence-electron chi connectivity index (χ3n) is 6.15. The molecular formula is C23H24N6OS. The first-order valence-corrected chi connectivity index (χ1v) is 11.2. The van der Waals surface area contributed by atoms with Gasteiger partial charge in [-0.05, 0) is 24.0 Å². The Morgan fingerprint density at radius 2 is 2.00 bits per heavy atom. The van der Waals surface area contributed by atoms with E-state index in [2.05, 4.69) is 22.4 Å². The lowest BCUT2D eigenvalue weighted by Crippen LogP contribution is -2.54. The minimum absolute atomic E-state index is 0.238. The number of carbonyl (C=O) groups is 1. The van der Waals surface area contributed by atoms with Gasteiger partial charge < -0.3 is 16.0 Å². The molecule has 3 heterocycles. The lowest BCUT2D eigenvalue weighted by Gasteiger charge is -2.39. The molecule has 4 rings (SSSR count). The van der Waals surface area contributed by atoms with Gasteiger partial charge >= 0.3 is 0 Å². The average Bonchev–Trinajstić information content (AvgIpc) is 3.23. The molecule has 158 valence electrons. The molecule has 0 saturated carbocycles. The first-order chi connectivity index (χ1) is 15.0.